The summed E-state index contributed by atoms with van der Waals surface area (Å²) in [6, 6.07) is 8.74. The van der Waals surface area contributed by atoms with E-state index < -0.39 is 0 Å². The number of nitrogens with zero attached hydrogens (tertiary/aromatic N) is 3. The van der Waals surface area contributed by atoms with Crippen molar-refractivity contribution < 1.29 is 0 Å². The highest BCUT2D eigenvalue weighted by Gasteiger charge is 2.20. The van der Waals surface area contributed by atoms with Crippen molar-refractivity contribution in [2.45, 2.75) is 25.4 Å². The summed E-state index contributed by atoms with van der Waals surface area (Å²) in [5, 5.41) is 7.90. The number of hydrogen-bond acceptors (Lipinski definition) is 5. The van der Waals surface area contributed by atoms with Crippen LogP contribution in [0.5, 0.6) is 0 Å². The van der Waals surface area contributed by atoms with E-state index in [4.69, 9.17) is 0 Å². The standard InChI is InChI=1S/C19H23BrN6/c1-21-15-5-7-26(8-6-15)11-13-10-22-18-17(13)19(24-12-23-18)25-16-4-2-3-14(20)9-16/h2-4,9-10,12,15,21H,5-8,11H2,1H3,(H2,22,23,24,25). The van der Waals surface area contributed by atoms with E-state index in [0.29, 0.717) is 6.04 Å². The smallest absolute Gasteiger partial charge is 0.143 e. The zero-order valence-electron chi connectivity index (χ0n) is 14.8. The first kappa shape index (κ1) is 17.5. The van der Waals surface area contributed by atoms with Crippen LogP contribution < -0.4 is 10.6 Å². The monoisotopic (exact) mass is 414 g/mol. The third-order valence-corrected chi connectivity index (χ3v) is 5.52. The van der Waals surface area contributed by atoms with E-state index in [1.807, 2.05) is 24.3 Å². The molecule has 0 atom stereocenters. The second kappa shape index (κ2) is 7.73. The van der Waals surface area contributed by atoms with E-state index in [1.54, 1.807) is 6.33 Å². The van der Waals surface area contributed by atoms with Crippen LogP contribution >= 0.6 is 15.9 Å². The fourth-order valence-corrected chi connectivity index (χ4v) is 3.97. The number of nitrogens with one attached hydrogen (secondary N) is 3. The lowest BCUT2D eigenvalue weighted by Gasteiger charge is -2.31. The van der Waals surface area contributed by atoms with E-state index in [-0.39, 0.29) is 0 Å². The number of rotatable bonds is 5. The number of hydrogen-bond donors (Lipinski definition) is 3. The summed E-state index contributed by atoms with van der Waals surface area (Å²) >= 11 is 3.52. The van der Waals surface area contributed by atoms with Crippen molar-refractivity contribution in [2.75, 3.05) is 25.5 Å². The summed E-state index contributed by atoms with van der Waals surface area (Å²) in [6.07, 6.45) is 6.05. The number of aromatic amines is 1. The number of H-pyrrole nitrogens is 1. The minimum atomic E-state index is 0.645. The molecule has 26 heavy (non-hydrogen) atoms. The molecule has 1 saturated heterocycles. The van der Waals surface area contributed by atoms with Gasteiger partial charge < -0.3 is 15.6 Å². The molecule has 3 heterocycles. The average molecular weight is 415 g/mol. The van der Waals surface area contributed by atoms with Gasteiger partial charge in [0.15, 0.2) is 0 Å². The lowest BCUT2D eigenvalue weighted by atomic mass is 10.0. The van der Waals surface area contributed by atoms with Gasteiger partial charge in [-0.2, -0.15) is 0 Å². The highest BCUT2D eigenvalue weighted by atomic mass is 79.9. The van der Waals surface area contributed by atoms with Crippen molar-refractivity contribution >= 4 is 38.5 Å². The zero-order chi connectivity index (χ0) is 17.9. The molecular formula is C19H23BrN6. The molecule has 1 aliphatic rings. The molecule has 7 heteroatoms. The molecule has 136 valence electrons. The molecule has 3 aromatic rings. The Morgan fingerprint density at radius 3 is 2.88 bits per heavy atom. The number of aromatic nitrogens is 3. The maximum absolute atomic E-state index is 4.50. The number of piperidine rings is 1. The second-order valence-electron chi connectivity index (χ2n) is 6.73. The van der Waals surface area contributed by atoms with Crippen molar-refractivity contribution in [1.29, 1.82) is 0 Å². The maximum Gasteiger partial charge on any atom is 0.143 e. The molecule has 0 bridgehead atoms. The minimum absolute atomic E-state index is 0.645. The summed E-state index contributed by atoms with van der Waals surface area (Å²) in [4.78, 5) is 14.7. The van der Waals surface area contributed by atoms with Crippen molar-refractivity contribution in [3.05, 3.63) is 46.8 Å². The molecular weight excluding hydrogens is 392 g/mol. The summed E-state index contributed by atoms with van der Waals surface area (Å²) in [6.45, 7) is 3.14. The second-order valence-corrected chi connectivity index (χ2v) is 7.65. The SMILES string of the molecule is CNC1CCN(Cc2c[nH]c3ncnc(Nc4cccc(Br)c4)c23)CC1. The van der Waals surface area contributed by atoms with Crippen LogP contribution in [0.1, 0.15) is 18.4 Å². The highest BCUT2D eigenvalue weighted by molar-refractivity contribution is 9.10. The third kappa shape index (κ3) is 3.75. The van der Waals surface area contributed by atoms with Gasteiger partial charge in [0.2, 0.25) is 0 Å². The van der Waals surface area contributed by atoms with Crippen molar-refractivity contribution in [1.82, 2.24) is 25.2 Å². The molecule has 0 saturated carbocycles. The van der Waals surface area contributed by atoms with Crippen LogP contribution in [0.15, 0.2) is 41.3 Å². The summed E-state index contributed by atoms with van der Waals surface area (Å²) in [7, 11) is 2.05. The quantitative estimate of drug-likeness (QED) is 0.594. The van der Waals surface area contributed by atoms with E-state index in [0.717, 1.165) is 46.6 Å². The van der Waals surface area contributed by atoms with E-state index in [9.17, 15) is 0 Å². The van der Waals surface area contributed by atoms with E-state index in [1.165, 1.54) is 18.4 Å². The Hall–Kier alpha value is -1.96. The minimum Gasteiger partial charge on any atom is -0.346 e. The average Bonchev–Trinajstić information content (AvgIpc) is 3.06. The summed E-state index contributed by atoms with van der Waals surface area (Å²) < 4.78 is 1.04. The Kier molecular flexibility index (Phi) is 5.19. The van der Waals surface area contributed by atoms with Gasteiger partial charge in [-0.3, -0.25) is 4.90 Å². The van der Waals surface area contributed by atoms with Gasteiger partial charge in [0.1, 0.15) is 17.8 Å². The van der Waals surface area contributed by atoms with E-state index >= 15 is 0 Å². The fourth-order valence-electron chi connectivity index (χ4n) is 3.57. The Morgan fingerprint density at radius 2 is 2.12 bits per heavy atom. The summed E-state index contributed by atoms with van der Waals surface area (Å²) in [5.74, 6) is 0.842. The number of halogens is 1. The van der Waals surface area contributed by atoms with Crippen LogP contribution in [0.2, 0.25) is 0 Å². The van der Waals surface area contributed by atoms with Gasteiger partial charge in [-0.15, -0.1) is 0 Å². The molecule has 0 aliphatic carbocycles. The molecule has 6 nitrogen and oxygen atoms in total. The molecule has 0 spiro atoms. The molecule has 0 amide bonds. The first-order valence-electron chi connectivity index (χ1n) is 8.96. The topological polar surface area (TPSA) is 68.9 Å². The van der Waals surface area contributed by atoms with Gasteiger partial charge in [0.05, 0.1) is 5.39 Å². The summed E-state index contributed by atoms with van der Waals surface area (Å²) in [5.41, 5.74) is 3.11. The fraction of sp³-hybridized carbons (Fsp3) is 0.368. The number of likely N-dealkylation sites (tertiary alicyclic amines) is 1. The lowest BCUT2D eigenvalue weighted by Crippen LogP contribution is -2.40. The number of benzene rings is 1. The Morgan fingerprint density at radius 1 is 1.27 bits per heavy atom. The molecule has 1 aromatic carbocycles. The highest BCUT2D eigenvalue weighted by Crippen LogP contribution is 2.28. The van der Waals surface area contributed by atoms with Crippen LogP contribution in [-0.4, -0.2) is 46.0 Å². The number of fused-ring (bicyclic) bond motifs is 1. The van der Waals surface area contributed by atoms with Crippen LogP contribution in [0.25, 0.3) is 11.0 Å². The Labute approximate surface area is 161 Å². The first-order valence-corrected chi connectivity index (χ1v) is 9.75. The van der Waals surface area contributed by atoms with Crippen LogP contribution in [-0.2, 0) is 6.54 Å². The lowest BCUT2D eigenvalue weighted by molar-refractivity contribution is 0.195. The van der Waals surface area contributed by atoms with Gasteiger partial charge >= 0.3 is 0 Å². The van der Waals surface area contributed by atoms with Crippen LogP contribution in [0.3, 0.4) is 0 Å². The van der Waals surface area contributed by atoms with Gasteiger partial charge in [-0.1, -0.05) is 22.0 Å². The van der Waals surface area contributed by atoms with Crippen LogP contribution in [0.4, 0.5) is 11.5 Å². The Balaban J connectivity index is 1.58. The van der Waals surface area contributed by atoms with E-state index in [2.05, 4.69) is 59.7 Å². The number of anilines is 2. The van der Waals surface area contributed by atoms with Crippen molar-refractivity contribution in [2.24, 2.45) is 0 Å². The molecule has 1 fully saturated rings. The zero-order valence-corrected chi connectivity index (χ0v) is 16.4. The van der Waals surface area contributed by atoms with Crippen molar-refractivity contribution in [3.63, 3.8) is 0 Å². The molecule has 2 aromatic heterocycles. The van der Waals surface area contributed by atoms with Crippen molar-refractivity contribution in [3.8, 4) is 0 Å². The largest absolute Gasteiger partial charge is 0.346 e. The predicted molar refractivity (Wildman–Crippen MR) is 109 cm³/mol. The van der Waals surface area contributed by atoms with Gasteiger partial charge in [0, 0.05) is 28.9 Å². The molecule has 4 rings (SSSR count). The molecule has 1 aliphatic heterocycles. The third-order valence-electron chi connectivity index (χ3n) is 5.03. The van der Waals surface area contributed by atoms with Gasteiger partial charge in [-0.05, 0) is 56.7 Å². The molecule has 0 unspecified atom stereocenters. The Bertz CT molecular complexity index is 885. The molecule has 0 radical (unpaired) electrons. The predicted octanol–water partition coefficient (Wildman–Crippen LogP) is 3.65. The first-order chi connectivity index (χ1) is 12.7. The maximum atomic E-state index is 4.50. The van der Waals surface area contributed by atoms with Gasteiger partial charge in [0.25, 0.3) is 0 Å². The van der Waals surface area contributed by atoms with Crippen LogP contribution in [0, 0.1) is 0 Å². The normalized spacial score (nSPS) is 16.2. The molecule has 3 N–H and O–H groups in total. The van der Waals surface area contributed by atoms with Gasteiger partial charge in [-0.25, -0.2) is 9.97 Å².